The van der Waals surface area contributed by atoms with Gasteiger partial charge in [-0.15, -0.1) is 0 Å². The topological polar surface area (TPSA) is 59.4 Å². The van der Waals surface area contributed by atoms with Gasteiger partial charge in [-0.3, -0.25) is 5.10 Å². The maximum Gasteiger partial charge on any atom is 0.279 e. The fraction of sp³-hybridized carbons (Fsp3) is 0.267. The molecule has 3 rings (SSSR count). The molecule has 0 unspecified atom stereocenters. The molecule has 0 aliphatic carbocycles. The van der Waals surface area contributed by atoms with Crippen LogP contribution in [0.25, 0.3) is 11.5 Å². The highest BCUT2D eigenvalue weighted by Crippen LogP contribution is 2.24. The van der Waals surface area contributed by atoms with Crippen molar-refractivity contribution >= 4 is 11.6 Å². The normalized spacial score (nSPS) is 11.3. The summed E-state index contributed by atoms with van der Waals surface area (Å²) >= 11 is 6.18. The van der Waals surface area contributed by atoms with E-state index in [1.807, 2.05) is 25.1 Å². The molecule has 3 aromatic rings. The molecule has 120 valence electrons. The van der Waals surface area contributed by atoms with Gasteiger partial charge in [0.05, 0.1) is 6.54 Å². The molecular weight excluding hydrogens is 324 g/mol. The van der Waals surface area contributed by atoms with E-state index in [2.05, 4.69) is 20.3 Å². The highest BCUT2D eigenvalue weighted by molar-refractivity contribution is 6.31. The summed E-state index contributed by atoms with van der Waals surface area (Å²) < 4.78 is 27.1. The Balaban J connectivity index is 1.99. The molecular formula is C15H14ClF2N5. The summed E-state index contributed by atoms with van der Waals surface area (Å²) in [5.41, 5.74) is 0.956. The number of aryl methyl sites for hydroxylation is 1. The number of hydrogen-bond donors (Lipinski definition) is 1. The molecule has 0 radical (unpaired) electrons. The molecule has 1 aromatic carbocycles. The number of halogens is 3. The summed E-state index contributed by atoms with van der Waals surface area (Å²) in [6.07, 6.45) is -1.98. The van der Waals surface area contributed by atoms with Crippen LogP contribution in [0.1, 0.15) is 30.4 Å². The summed E-state index contributed by atoms with van der Waals surface area (Å²) in [5.74, 6) is 1.05. The average molecular weight is 338 g/mol. The Kier molecular flexibility index (Phi) is 4.38. The minimum absolute atomic E-state index is 0.245. The standard InChI is InChI=1S/C15H14ClF2N5/c1-2-13-19-15(12-7-11(14(17)18)20-21-12)23(22-13)8-9-5-3-4-6-10(9)16/h3-7,14H,2,8H2,1H3,(H,20,21). The zero-order valence-corrected chi connectivity index (χ0v) is 13.1. The van der Waals surface area contributed by atoms with Gasteiger partial charge in [0.25, 0.3) is 6.43 Å². The van der Waals surface area contributed by atoms with E-state index in [4.69, 9.17) is 11.6 Å². The van der Waals surface area contributed by atoms with Crippen molar-refractivity contribution in [2.24, 2.45) is 0 Å². The second-order valence-electron chi connectivity index (χ2n) is 4.96. The van der Waals surface area contributed by atoms with Gasteiger partial charge >= 0.3 is 0 Å². The molecule has 0 bridgehead atoms. The molecule has 5 nitrogen and oxygen atoms in total. The third-order valence-corrected chi connectivity index (χ3v) is 3.74. The quantitative estimate of drug-likeness (QED) is 0.768. The Labute approximate surface area is 136 Å². The number of rotatable bonds is 5. The first kappa shape index (κ1) is 15.6. The van der Waals surface area contributed by atoms with Gasteiger partial charge in [-0.05, 0) is 17.7 Å². The van der Waals surface area contributed by atoms with Crippen molar-refractivity contribution in [3.63, 3.8) is 0 Å². The van der Waals surface area contributed by atoms with E-state index in [-0.39, 0.29) is 5.69 Å². The van der Waals surface area contributed by atoms with Gasteiger partial charge in [-0.1, -0.05) is 36.7 Å². The maximum atomic E-state index is 12.7. The maximum absolute atomic E-state index is 12.7. The predicted octanol–water partition coefficient (Wildman–Crippen LogP) is 3.87. The van der Waals surface area contributed by atoms with Crippen molar-refractivity contribution in [2.45, 2.75) is 26.3 Å². The first-order valence-electron chi connectivity index (χ1n) is 7.09. The fourth-order valence-electron chi connectivity index (χ4n) is 2.19. The van der Waals surface area contributed by atoms with Crippen molar-refractivity contribution in [3.8, 4) is 11.5 Å². The van der Waals surface area contributed by atoms with E-state index < -0.39 is 6.43 Å². The van der Waals surface area contributed by atoms with E-state index >= 15 is 0 Å². The van der Waals surface area contributed by atoms with Crippen molar-refractivity contribution in [1.82, 2.24) is 25.0 Å². The summed E-state index contributed by atoms with van der Waals surface area (Å²) in [7, 11) is 0. The molecule has 0 fully saturated rings. The Morgan fingerprint density at radius 3 is 2.74 bits per heavy atom. The molecule has 1 N–H and O–H groups in total. The number of aromatic nitrogens is 5. The van der Waals surface area contributed by atoms with Crippen LogP contribution in [-0.2, 0) is 13.0 Å². The molecule has 2 aromatic heterocycles. The van der Waals surface area contributed by atoms with E-state index in [1.54, 1.807) is 10.7 Å². The first-order valence-corrected chi connectivity index (χ1v) is 7.47. The zero-order chi connectivity index (χ0) is 16.4. The third-order valence-electron chi connectivity index (χ3n) is 3.37. The third kappa shape index (κ3) is 3.24. The van der Waals surface area contributed by atoms with Crippen LogP contribution in [0.3, 0.4) is 0 Å². The summed E-state index contributed by atoms with van der Waals surface area (Å²) in [6.45, 7) is 2.31. The highest BCUT2D eigenvalue weighted by atomic mass is 35.5. The summed E-state index contributed by atoms with van der Waals surface area (Å²) in [5, 5.41) is 11.3. The van der Waals surface area contributed by atoms with Gasteiger partial charge in [-0.2, -0.15) is 10.2 Å². The van der Waals surface area contributed by atoms with Crippen LogP contribution < -0.4 is 0 Å². The lowest BCUT2D eigenvalue weighted by atomic mass is 10.2. The average Bonchev–Trinajstić information content (AvgIpc) is 3.16. The summed E-state index contributed by atoms with van der Waals surface area (Å²) in [4.78, 5) is 4.38. The van der Waals surface area contributed by atoms with Gasteiger partial charge in [0.1, 0.15) is 11.4 Å². The molecule has 0 amide bonds. The first-order chi connectivity index (χ1) is 11.1. The second kappa shape index (κ2) is 6.45. The Morgan fingerprint density at radius 1 is 1.30 bits per heavy atom. The molecule has 0 spiro atoms. The van der Waals surface area contributed by atoms with Crippen molar-refractivity contribution in [1.29, 1.82) is 0 Å². The van der Waals surface area contributed by atoms with Gasteiger partial charge in [0, 0.05) is 11.4 Å². The SMILES string of the molecule is CCc1nc(-c2cc(C(F)F)[nH]n2)n(Cc2ccccc2Cl)n1. The molecule has 23 heavy (non-hydrogen) atoms. The molecule has 0 aliphatic rings. The van der Waals surface area contributed by atoms with Crippen LogP contribution >= 0.6 is 11.6 Å². The minimum atomic E-state index is -2.61. The van der Waals surface area contributed by atoms with Gasteiger partial charge in [-0.25, -0.2) is 18.4 Å². The molecule has 8 heteroatoms. The zero-order valence-electron chi connectivity index (χ0n) is 12.3. The van der Waals surface area contributed by atoms with Crippen molar-refractivity contribution in [3.05, 3.63) is 52.4 Å². The number of aromatic amines is 1. The molecule has 0 aliphatic heterocycles. The van der Waals surface area contributed by atoms with Gasteiger partial charge < -0.3 is 0 Å². The van der Waals surface area contributed by atoms with Crippen LogP contribution in [0.5, 0.6) is 0 Å². The fourth-order valence-corrected chi connectivity index (χ4v) is 2.38. The monoisotopic (exact) mass is 337 g/mol. The number of hydrogen-bond acceptors (Lipinski definition) is 3. The lowest BCUT2D eigenvalue weighted by Crippen LogP contribution is -2.05. The largest absolute Gasteiger partial charge is 0.279 e. The lowest BCUT2D eigenvalue weighted by Gasteiger charge is -2.06. The Hall–Kier alpha value is -2.28. The molecule has 2 heterocycles. The van der Waals surface area contributed by atoms with Crippen LogP contribution in [-0.4, -0.2) is 25.0 Å². The number of alkyl halides is 2. The van der Waals surface area contributed by atoms with Crippen LogP contribution in [0.15, 0.2) is 30.3 Å². The Morgan fingerprint density at radius 2 is 2.09 bits per heavy atom. The van der Waals surface area contributed by atoms with E-state index in [0.29, 0.717) is 35.3 Å². The smallest absolute Gasteiger partial charge is 0.276 e. The van der Waals surface area contributed by atoms with Crippen molar-refractivity contribution < 1.29 is 8.78 Å². The van der Waals surface area contributed by atoms with Crippen LogP contribution in [0.2, 0.25) is 5.02 Å². The van der Waals surface area contributed by atoms with Crippen LogP contribution in [0.4, 0.5) is 8.78 Å². The van der Waals surface area contributed by atoms with Gasteiger partial charge in [0.15, 0.2) is 11.6 Å². The minimum Gasteiger partial charge on any atom is -0.276 e. The Bertz CT molecular complexity index is 812. The van der Waals surface area contributed by atoms with Gasteiger partial charge in [0.2, 0.25) is 0 Å². The van der Waals surface area contributed by atoms with E-state index in [0.717, 1.165) is 5.56 Å². The van der Waals surface area contributed by atoms with Crippen molar-refractivity contribution in [2.75, 3.05) is 0 Å². The highest BCUT2D eigenvalue weighted by Gasteiger charge is 2.18. The second-order valence-corrected chi connectivity index (χ2v) is 5.37. The van der Waals surface area contributed by atoms with E-state index in [1.165, 1.54) is 6.07 Å². The number of benzene rings is 1. The predicted molar refractivity (Wildman–Crippen MR) is 82.5 cm³/mol. The molecule has 0 saturated carbocycles. The number of nitrogens with zero attached hydrogens (tertiary/aromatic N) is 4. The lowest BCUT2D eigenvalue weighted by molar-refractivity contribution is 0.146. The molecule has 0 atom stereocenters. The number of H-pyrrole nitrogens is 1. The molecule has 0 saturated heterocycles. The number of nitrogens with one attached hydrogen (secondary N) is 1. The van der Waals surface area contributed by atoms with Crippen LogP contribution in [0, 0.1) is 0 Å². The van der Waals surface area contributed by atoms with E-state index in [9.17, 15) is 8.78 Å². The summed E-state index contributed by atoms with van der Waals surface area (Å²) in [6, 6.07) is 8.68.